The van der Waals surface area contributed by atoms with Gasteiger partial charge in [0, 0.05) is 23.9 Å². The predicted molar refractivity (Wildman–Crippen MR) is 51.6 cm³/mol. The minimum Gasteiger partial charge on any atom is -0.300 e. The van der Waals surface area contributed by atoms with Gasteiger partial charge in [0.15, 0.2) is 5.82 Å². The molecule has 80 valence electrons. The average molecular weight is 248 g/mol. The minimum atomic E-state index is -3.87. The van der Waals surface area contributed by atoms with Crippen LogP contribution >= 0.6 is 10.7 Å². The van der Waals surface area contributed by atoms with E-state index in [-0.39, 0.29) is 5.16 Å². The van der Waals surface area contributed by atoms with E-state index < -0.39 is 9.05 Å². The molecule has 0 aliphatic carbocycles. The highest BCUT2D eigenvalue weighted by atomic mass is 35.7. The van der Waals surface area contributed by atoms with Crippen LogP contribution in [-0.4, -0.2) is 33.4 Å². The molecule has 2 aromatic rings. The zero-order valence-corrected chi connectivity index (χ0v) is 9.12. The van der Waals surface area contributed by atoms with Crippen LogP contribution in [0.4, 0.5) is 0 Å². The summed E-state index contributed by atoms with van der Waals surface area (Å²) in [6, 6.07) is 0. The summed E-state index contributed by atoms with van der Waals surface area (Å²) in [5.74, 6) is 0.378. The molecule has 0 aliphatic rings. The summed E-state index contributed by atoms with van der Waals surface area (Å²) < 4.78 is 23.4. The highest BCUT2D eigenvalue weighted by molar-refractivity contribution is 8.13. The lowest BCUT2D eigenvalue weighted by Crippen LogP contribution is -2.02. The molecule has 0 fully saturated rings. The highest BCUT2D eigenvalue weighted by Crippen LogP contribution is 2.19. The topological polar surface area (TPSA) is 93.5 Å². The second kappa shape index (κ2) is 3.31. The largest absolute Gasteiger partial charge is 0.300 e. The van der Waals surface area contributed by atoms with Crippen molar-refractivity contribution in [2.75, 3.05) is 0 Å². The first-order chi connectivity index (χ1) is 7.00. The number of aromatic amines is 1. The third-order valence-corrected chi connectivity index (χ3v) is 3.02. The number of hydrogen-bond acceptors (Lipinski definition) is 5. The van der Waals surface area contributed by atoms with Gasteiger partial charge in [0.2, 0.25) is 0 Å². The summed E-state index contributed by atoms with van der Waals surface area (Å²) in [5, 5.41) is 13.2. The Bertz CT molecular complexity index is 573. The van der Waals surface area contributed by atoms with Gasteiger partial charge < -0.3 is 0 Å². The molecule has 15 heavy (non-hydrogen) atoms. The van der Waals surface area contributed by atoms with Crippen LogP contribution in [0.25, 0.3) is 11.4 Å². The molecule has 0 saturated carbocycles. The quantitative estimate of drug-likeness (QED) is 0.762. The van der Waals surface area contributed by atoms with E-state index in [2.05, 4.69) is 20.4 Å². The molecule has 2 rings (SSSR count). The smallest absolute Gasteiger partial charge is 0.296 e. The predicted octanol–water partition coefficient (Wildman–Crippen LogP) is 0.133. The summed E-state index contributed by atoms with van der Waals surface area (Å²) in [6.07, 6.45) is 3.09. The van der Waals surface area contributed by atoms with Gasteiger partial charge in [-0.25, -0.2) is 8.42 Å². The van der Waals surface area contributed by atoms with E-state index in [4.69, 9.17) is 10.7 Å². The number of halogens is 1. The maximum atomic E-state index is 11.1. The van der Waals surface area contributed by atoms with Crippen LogP contribution in [-0.2, 0) is 16.1 Å². The van der Waals surface area contributed by atoms with E-state index in [1.54, 1.807) is 6.20 Å². The van der Waals surface area contributed by atoms with Crippen LogP contribution in [0.5, 0.6) is 0 Å². The molecular formula is C6H6ClN5O2S. The maximum Gasteiger partial charge on any atom is 0.296 e. The number of aromatic nitrogens is 5. The third-order valence-electron chi connectivity index (χ3n) is 1.81. The number of H-pyrrole nitrogens is 1. The van der Waals surface area contributed by atoms with Crippen LogP contribution in [0.1, 0.15) is 0 Å². The Kier molecular flexibility index (Phi) is 2.24. The Morgan fingerprint density at radius 2 is 2.20 bits per heavy atom. The molecule has 0 aromatic carbocycles. The molecule has 0 unspecified atom stereocenters. The molecule has 2 aromatic heterocycles. The lowest BCUT2D eigenvalue weighted by molar-refractivity contribution is 0.593. The van der Waals surface area contributed by atoms with Gasteiger partial charge in [0.25, 0.3) is 14.2 Å². The van der Waals surface area contributed by atoms with Gasteiger partial charge in [-0.15, -0.1) is 10.2 Å². The van der Waals surface area contributed by atoms with E-state index in [0.717, 1.165) is 0 Å². The van der Waals surface area contributed by atoms with Crippen molar-refractivity contribution in [1.82, 2.24) is 25.0 Å². The molecule has 0 bridgehead atoms. The van der Waals surface area contributed by atoms with Gasteiger partial charge >= 0.3 is 0 Å². The molecule has 0 atom stereocenters. The first kappa shape index (κ1) is 10.1. The zero-order chi connectivity index (χ0) is 11.1. The van der Waals surface area contributed by atoms with Crippen LogP contribution < -0.4 is 0 Å². The van der Waals surface area contributed by atoms with E-state index in [0.29, 0.717) is 11.4 Å². The van der Waals surface area contributed by atoms with Crippen molar-refractivity contribution >= 4 is 19.7 Å². The average Bonchev–Trinajstić information content (AvgIpc) is 2.69. The van der Waals surface area contributed by atoms with E-state index in [1.165, 1.54) is 17.8 Å². The second-order valence-electron chi connectivity index (χ2n) is 2.79. The Morgan fingerprint density at radius 3 is 2.67 bits per heavy atom. The van der Waals surface area contributed by atoms with Gasteiger partial charge in [-0.05, 0) is 0 Å². The molecule has 0 saturated heterocycles. The van der Waals surface area contributed by atoms with Crippen molar-refractivity contribution in [1.29, 1.82) is 0 Å². The van der Waals surface area contributed by atoms with Crippen molar-refractivity contribution in [2.24, 2.45) is 7.05 Å². The number of nitrogens with one attached hydrogen (secondary N) is 1. The molecule has 0 aliphatic heterocycles. The summed E-state index contributed by atoms with van der Waals surface area (Å²) in [5.41, 5.74) is 0.636. The normalized spacial score (nSPS) is 11.9. The molecule has 0 spiro atoms. The first-order valence-corrected chi connectivity index (χ1v) is 6.14. The Morgan fingerprint density at radius 1 is 1.47 bits per heavy atom. The van der Waals surface area contributed by atoms with Gasteiger partial charge in [-0.1, -0.05) is 0 Å². The van der Waals surface area contributed by atoms with Gasteiger partial charge in [-0.3, -0.25) is 9.67 Å². The Balaban J connectivity index is 2.60. The number of nitrogens with zero attached hydrogens (tertiary/aromatic N) is 4. The molecule has 1 N–H and O–H groups in total. The third kappa shape index (κ3) is 1.73. The van der Waals surface area contributed by atoms with E-state index in [9.17, 15) is 8.42 Å². The van der Waals surface area contributed by atoms with Crippen molar-refractivity contribution < 1.29 is 8.42 Å². The molecule has 0 radical (unpaired) electrons. The minimum absolute atomic E-state index is 0.291. The monoisotopic (exact) mass is 247 g/mol. The Hall–Kier alpha value is -1.41. The fourth-order valence-electron chi connectivity index (χ4n) is 1.15. The van der Waals surface area contributed by atoms with Gasteiger partial charge in [-0.2, -0.15) is 5.10 Å². The maximum absolute atomic E-state index is 11.1. The standard InChI is InChI=1S/C6H6ClN5O2S/c1-12-5(4-2-8-9-3-4)10-11-6(12)15(7,13)14/h2-3H,1H3,(H,8,9). The van der Waals surface area contributed by atoms with Crippen LogP contribution in [0, 0.1) is 0 Å². The van der Waals surface area contributed by atoms with E-state index >= 15 is 0 Å². The summed E-state index contributed by atoms with van der Waals surface area (Å²) in [4.78, 5) is 0. The number of rotatable bonds is 2. The molecular weight excluding hydrogens is 242 g/mol. The molecule has 2 heterocycles. The summed E-state index contributed by atoms with van der Waals surface area (Å²) >= 11 is 0. The summed E-state index contributed by atoms with van der Waals surface area (Å²) in [7, 11) is 2.80. The lowest BCUT2D eigenvalue weighted by Gasteiger charge is -1.97. The van der Waals surface area contributed by atoms with Gasteiger partial charge in [0.1, 0.15) is 0 Å². The molecule has 9 heteroatoms. The van der Waals surface area contributed by atoms with Crippen molar-refractivity contribution in [2.45, 2.75) is 5.16 Å². The number of hydrogen-bond donors (Lipinski definition) is 1. The van der Waals surface area contributed by atoms with Crippen molar-refractivity contribution in [3.05, 3.63) is 12.4 Å². The van der Waals surface area contributed by atoms with Gasteiger partial charge in [0.05, 0.1) is 11.8 Å². The SMILES string of the molecule is Cn1c(-c2cn[nH]c2)nnc1S(=O)(=O)Cl. The van der Waals surface area contributed by atoms with Crippen LogP contribution in [0.2, 0.25) is 0 Å². The van der Waals surface area contributed by atoms with Crippen molar-refractivity contribution in [3.63, 3.8) is 0 Å². The Labute approximate surface area is 89.5 Å². The molecule has 0 amide bonds. The fraction of sp³-hybridized carbons (Fsp3) is 0.167. The van der Waals surface area contributed by atoms with Crippen LogP contribution in [0.15, 0.2) is 17.6 Å². The van der Waals surface area contributed by atoms with Crippen molar-refractivity contribution in [3.8, 4) is 11.4 Å². The van der Waals surface area contributed by atoms with E-state index in [1.807, 2.05) is 0 Å². The fourth-order valence-corrected chi connectivity index (χ4v) is 2.11. The highest BCUT2D eigenvalue weighted by Gasteiger charge is 2.21. The lowest BCUT2D eigenvalue weighted by atomic mass is 10.3. The van der Waals surface area contributed by atoms with Crippen LogP contribution in [0.3, 0.4) is 0 Å². The molecule has 7 nitrogen and oxygen atoms in total. The second-order valence-corrected chi connectivity index (χ2v) is 5.25. The summed E-state index contributed by atoms with van der Waals surface area (Å²) in [6.45, 7) is 0. The zero-order valence-electron chi connectivity index (χ0n) is 7.55. The first-order valence-electron chi connectivity index (χ1n) is 3.83.